The maximum absolute atomic E-state index is 5.99. The van der Waals surface area contributed by atoms with Gasteiger partial charge in [-0.3, -0.25) is 4.98 Å². The van der Waals surface area contributed by atoms with E-state index < -0.39 is 0 Å². The van der Waals surface area contributed by atoms with E-state index in [1.165, 1.54) is 0 Å². The molecule has 2 aromatic rings. The van der Waals surface area contributed by atoms with E-state index in [-0.39, 0.29) is 6.04 Å². The maximum atomic E-state index is 5.99. The first-order valence-electron chi connectivity index (χ1n) is 5.24. The number of benzene rings is 1. The normalized spacial score (nSPS) is 12.4. The maximum Gasteiger partial charge on any atom is 0.0589 e. The molecule has 2 nitrogen and oxygen atoms in total. The summed E-state index contributed by atoms with van der Waals surface area (Å²) in [7, 11) is 1.93. The van der Waals surface area contributed by atoms with Crippen LogP contribution in [0.3, 0.4) is 0 Å². The Balaban J connectivity index is 2.39. The van der Waals surface area contributed by atoms with Crippen molar-refractivity contribution in [3.8, 4) is 0 Å². The van der Waals surface area contributed by atoms with E-state index in [0.717, 1.165) is 20.6 Å². The molecule has 1 aromatic heterocycles. The Morgan fingerprint density at radius 3 is 2.71 bits per heavy atom. The van der Waals surface area contributed by atoms with Crippen LogP contribution in [0.1, 0.15) is 17.2 Å². The van der Waals surface area contributed by atoms with Crippen molar-refractivity contribution in [3.63, 3.8) is 0 Å². The van der Waals surface area contributed by atoms with Gasteiger partial charge in [0.15, 0.2) is 0 Å². The van der Waals surface area contributed by atoms with Gasteiger partial charge in [-0.15, -0.1) is 0 Å². The van der Waals surface area contributed by atoms with Crippen molar-refractivity contribution in [3.05, 3.63) is 63.3 Å². The third kappa shape index (κ3) is 2.86. The first-order chi connectivity index (χ1) is 8.22. The molecule has 0 aliphatic rings. The van der Waals surface area contributed by atoms with Gasteiger partial charge in [-0.1, -0.05) is 23.7 Å². The molecule has 0 radical (unpaired) electrons. The summed E-state index contributed by atoms with van der Waals surface area (Å²) in [4.78, 5) is 4.14. The number of nitrogens with one attached hydrogen (secondary N) is 1. The number of aromatic nitrogens is 1. The third-order valence-electron chi connectivity index (χ3n) is 2.58. The molecule has 0 bridgehead atoms. The molecule has 0 aliphatic heterocycles. The second-order valence-corrected chi connectivity index (χ2v) is 4.94. The second kappa shape index (κ2) is 5.63. The quantitative estimate of drug-likeness (QED) is 0.932. The highest BCUT2D eigenvalue weighted by Crippen LogP contribution is 2.28. The number of hydrogen-bond acceptors (Lipinski definition) is 2. The first-order valence-corrected chi connectivity index (χ1v) is 6.41. The zero-order valence-electron chi connectivity index (χ0n) is 9.32. The van der Waals surface area contributed by atoms with Crippen LogP contribution >= 0.6 is 27.5 Å². The number of nitrogens with zero attached hydrogens (tertiary/aromatic N) is 1. The lowest BCUT2D eigenvalue weighted by Crippen LogP contribution is -2.17. The van der Waals surface area contributed by atoms with E-state index in [4.69, 9.17) is 11.6 Å². The summed E-state index contributed by atoms with van der Waals surface area (Å²) in [5, 5.41) is 3.99. The summed E-state index contributed by atoms with van der Waals surface area (Å²) in [6.07, 6.45) is 3.64. The smallest absolute Gasteiger partial charge is 0.0589 e. The van der Waals surface area contributed by atoms with E-state index in [1.807, 2.05) is 37.5 Å². The Bertz CT molecular complexity index is 502. The Labute approximate surface area is 114 Å². The van der Waals surface area contributed by atoms with E-state index in [2.05, 4.69) is 32.3 Å². The van der Waals surface area contributed by atoms with Crippen molar-refractivity contribution in [1.82, 2.24) is 10.3 Å². The lowest BCUT2D eigenvalue weighted by molar-refractivity contribution is 0.688. The van der Waals surface area contributed by atoms with E-state index in [9.17, 15) is 0 Å². The van der Waals surface area contributed by atoms with Gasteiger partial charge in [0.25, 0.3) is 0 Å². The van der Waals surface area contributed by atoms with Crippen molar-refractivity contribution in [1.29, 1.82) is 0 Å². The van der Waals surface area contributed by atoms with Crippen molar-refractivity contribution in [2.75, 3.05) is 7.05 Å². The predicted molar refractivity (Wildman–Crippen MR) is 74.3 cm³/mol. The van der Waals surface area contributed by atoms with Gasteiger partial charge in [-0.25, -0.2) is 0 Å². The molecule has 0 spiro atoms. The van der Waals surface area contributed by atoms with Gasteiger partial charge in [-0.2, -0.15) is 0 Å². The average molecular weight is 312 g/mol. The fourth-order valence-electron chi connectivity index (χ4n) is 1.76. The van der Waals surface area contributed by atoms with Crippen LogP contribution in [0.4, 0.5) is 0 Å². The Hall–Kier alpha value is -0.900. The molecule has 0 amide bonds. The molecule has 1 aromatic carbocycles. The van der Waals surface area contributed by atoms with Crippen molar-refractivity contribution >= 4 is 27.5 Å². The standard InChI is InChI=1S/C13H12BrClN2/c1-16-13(10-3-2-6-17-8-10)9-4-5-12(15)11(14)7-9/h2-8,13,16H,1H3. The highest BCUT2D eigenvalue weighted by atomic mass is 79.9. The van der Waals surface area contributed by atoms with Gasteiger partial charge in [0.1, 0.15) is 0 Å². The van der Waals surface area contributed by atoms with Crippen molar-refractivity contribution in [2.45, 2.75) is 6.04 Å². The van der Waals surface area contributed by atoms with Gasteiger partial charge < -0.3 is 5.32 Å². The molecule has 1 N–H and O–H groups in total. The van der Waals surface area contributed by atoms with Crippen LogP contribution in [0.5, 0.6) is 0 Å². The highest BCUT2D eigenvalue weighted by molar-refractivity contribution is 9.10. The van der Waals surface area contributed by atoms with Crippen LogP contribution in [-0.4, -0.2) is 12.0 Å². The largest absolute Gasteiger partial charge is 0.309 e. The molecule has 88 valence electrons. The SMILES string of the molecule is CNC(c1cccnc1)c1ccc(Cl)c(Br)c1. The Morgan fingerprint density at radius 1 is 1.29 bits per heavy atom. The number of hydrogen-bond donors (Lipinski definition) is 1. The van der Waals surface area contributed by atoms with E-state index in [0.29, 0.717) is 0 Å². The minimum atomic E-state index is 0.122. The van der Waals surface area contributed by atoms with Crippen molar-refractivity contribution < 1.29 is 0 Å². The molecule has 0 aliphatic carbocycles. The van der Waals surface area contributed by atoms with Gasteiger partial charge in [-0.05, 0) is 52.3 Å². The number of pyridine rings is 1. The molecular formula is C13H12BrClN2. The van der Waals surface area contributed by atoms with Crippen LogP contribution in [0.25, 0.3) is 0 Å². The molecule has 17 heavy (non-hydrogen) atoms. The lowest BCUT2D eigenvalue weighted by Gasteiger charge is -2.17. The minimum Gasteiger partial charge on any atom is -0.309 e. The molecule has 0 saturated carbocycles. The fraction of sp³-hybridized carbons (Fsp3) is 0.154. The monoisotopic (exact) mass is 310 g/mol. The van der Waals surface area contributed by atoms with Gasteiger partial charge >= 0.3 is 0 Å². The topological polar surface area (TPSA) is 24.9 Å². The van der Waals surface area contributed by atoms with Crippen molar-refractivity contribution in [2.24, 2.45) is 0 Å². The lowest BCUT2D eigenvalue weighted by atomic mass is 10.0. The van der Waals surface area contributed by atoms with E-state index >= 15 is 0 Å². The fourth-order valence-corrected chi connectivity index (χ4v) is 2.28. The van der Waals surface area contributed by atoms with Crippen LogP contribution in [0.15, 0.2) is 47.2 Å². The minimum absolute atomic E-state index is 0.122. The number of halogens is 2. The number of rotatable bonds is 3. The van der Waals surface area contributed by atoms with Crippen LogP contribution in [0.2, 0.25) is 5.02 Å². The van der Waals surface area contributed by atoms with Gasteiger partial charge in [0.05, 0.1) is 11.1 Å². The molecule has 1 atom stereocenters. The average Bonchev–Trinajstić information content (AvgIpc) is 2.36. The molecule has 1 unspecified atom stereocenters. The second-order valence-electron chi connectivity index (χ2n) is 3.68. The summed E-state index contributed by atoms with van der Waals surface area (Å²) in [5.41, 5.74) is 2.28. The summed E-state index contributed by atoms with van der Waals surface area (Å²) >= 11 is 9.44. The zero-order valence-corrected chi connectivity index (χ0v) is 11.7. The molecule has 1 heterocycles. The van der Waals surface area contributed by atoms with Crippen LogP contribution in [-0.2, 0) is 0 Å². The third-order valence-corrected chi connectivity index (χ3v) is 3.80. The summed E-state index contributed by atoms with van der Waals surface area (Å²) in [5.74, 6) is 0. The summed E-state index contributed by atoms with van der Waals surface area (Å²) < 4.78 is 0.904. The van der Waals surface area contributed by atoms with Crippen LogP contribution < -0.4 is 5.32 Å². The highest BCUT2D eigenvalue weighted by Gasteiger charge is 2.12. The predicted octanol–water partition coefficient (Wildman–Crippen LogP) is 3.81. The summed E-state index contributed by atoms with van der Waals surface area (Å²) in [6.45, 7) is 0. The first kappa shape index (κ1) is 12.6. The van der Waals surface area contributed by atoms with Gasteiger partial charge in [0, 0.05) is 16.9 Å². The molecule has 0 saturated heterocycles. The Morgan fingerprint density at radius 2 is 2.12 bits per heavy atom. The Kier molecular flexibility index (Phi) is 4.15. The van der Waals surface area contributed by atoms with E-state index in [1.54, 1.807) is 6.20 Å². The summed E-state index contributed by atoms with van der Waals surface area (Å²) in [6, 6.07) is 10.0. The van der Waals surface area contributed by atoms with Gasteiger partial charge in [0.2, 0.25) is 0 Å². The molecule has 2 rings (SSSR count). The zero-order chi connectivity index (χ0) is 12.3. The molecule has 0 fully saturated rings. The molecular weight excluding hydrogens is 300 g/mol. The van der Waals surface area contributed by atoms with Crippen LogP contribution in [0, 0.1) is 0 Å². The molecule has 4 heteroatoms.